The fourth-order valence-electron chi connectivity index (χ4n) is 2.65. The Bertz CT molecular complexity index is 235. The fraction of sp³-hybridized carbons (Fsp3) is 0.909. The number of hydrogen-bond donors (Lipinski definition) is 2. The van der Waals surface area contributed by atoms with E-state index in [2.05, 4.69) is 0 Å². The van der Waals surface area contributed by atoms with Crippen molar-refractivity contribution in [2.75, 3.05) is 6.61 Å². The van der Waals surface area contributed by atoms with E-state index in [-0.39, 0.29) is 18.3 Å². The lowest BCUT2D eigenvalue weighted by atomic mass is 9.59. The van der Waals surface area contributed by atoms with Crippen molar-refractivity contribution in [1.82, 2.24) is 0 Å². The highest BCUT2D eigenvalue weighted by Gasteiger charge is 2.51. The van der Waals surface area contributed by atoms with Crippen LogP contribution < -0.4 is 0 Å². The maximum absolute atomic E-state index is 11.4. The summed E-state index contributed by atoms with van der Waals surface area (Å²) in [6.07, 6.45) is 1.20. The van der Waals surface area contributed by atoms with Crippen molar-refractivity contribution in [1.29, 1.82) is 0 Å². The maximum Gasteiger partial charge on any atom is 0.133 e. The molecular weight excluding hydrogens is 180 g/mol. The van der Waals surface area contributed by atoms with E-state index in [1.807, 2.05) is 20.8 Å². The summed E-state index contributed by atoms with van der Waals surface area (Å²) in [4.78, 5) is 11.4. The predicted molar refractivity (Wildman–Crippen MR) is 53.8 cm³/mol. The Morgan fingerprint density at radius 2 is 2.07 bits per heavy atom. The second-order valence-electron chi connectivity index (χ2n) is 5.10. The van der Waals surface area contributed by atoms with Crippen LogP contribution in [-0.4, -0.2) is 28.2 Å². The molecule has 1 aliphatic rings. The fourth-order valence-corrected chi connectivity index (χ4v) is 2.65. The van der Waals surface area contributed by atoms with Crippen LogP contribution in [0.1, 0.15) is 40.0 Å². The monoisotopic (exact) mass is 200 g/mol. The minimum absolute atomic E-state index is 0.0293. The van der Waals surface area contributed by atoms with Gasteiger partial charge < -0.3 is 10.2 Å². The van der Waals surface area contributed by atoms with E-state index >= 15 is 0 Å². The molecule has 1 aliphatic carbocycles. The molecule has 0 aliphatic heterocycles. The summed E-state index contributed by atoms with van der Waals surface area (Å²) in [5.41, 5.74) is -1.33. The molecule has 0 spiro atoms. The van der Waals surface area contributed by atoms with Gasteiger partial charge in [-0.15, -0.1) is 0 Å². The van der Waals surface area contributed by atoms with E-state index in [1.54, 1.807) is 0 Å². The largest absolute Gasteiger partial charge is 0.396 e. The van der Waals surface area contributed by atoms with Crippen molar-refractivity contribution >= 4 is 5.78 Å². The predicted octanol–water partition coefficient (Wildman–Crippen LogP) is 1.13. The molecule has 0 saturated heterocycles. The molecule has 14 heavy (non-hydrogen) atoms. The van der Waals surface area contributed by atoms with Crippen LogP contribution in [0.2, 0.25) is 0 Å². The van der Waals surface area contributed by atoms with E-state index < -0.39 is 11.0 Å². The van der Waals surface area contributed by atoms with Crippen molar-refractivity contribution in [3.05, 3.63) is 0 Å². The molecule has 0 bridgehead atoms. The highest BCUT2D eigenvalue weighted by atomic mass is 16.3. The molecule has 0 heterocycles. The Kier molecular flexibility index (Phi) is 3.02. The zero-order valence-electron chi connectivity index (χ0n) is 9.21. The number of hydrogen-bond acceptors (Lipinski definition) is 3. The Hall–Kier alpha value is -0.410. The SMILES string of the molecule is C[C@H]1CC(=O)CC(C)(C)[C@]1(O)CCO. The van der Waals surface area contributed by atoms with Crippen LogP contribution in [0.4, 0.5) is 0 Å². The third-order valence-electron chi connectivity index (χ3n) is 3.65. The lowest BCUT2D eigenvalue weighted by Crippen LogP contribution is -2.55. The first-order valence-electron chi connectivity index (χ1n) is 5.18. The highest BCUT2D eigenvalue weighted by molar-refractivity contribution is 5.80. The molecule has 0 aromatic rings. The lowest BCUT2D eigenvalue weighted by Gasteiger charge is -2.49. The first-order chi connectivity index (χ1) is 6.33. The minimum Gasteiger partial charge on any atom is -0.396 e. The smallest absolute Gasteiger partial charge is 0.133 e. The van der Waals surface area contributed by atoms with Gasteiger partial charge in [-0.05, 0) is 5.92 Å². The minimum atomic E-state index is -0.907. The first kappa shape index (κ1) is 11.7. The standard InChI is InChI=1S/C11H20O3/c1-8-6-9(13)7-10(2,3)11(8,14)4-5-12/h8,12,14H,4-7H2,1-3H3/t8-,11-/m0/s1. The molecule has 0 aromatic heterocycles. The highest BCUT2D eigenvalue weighted by Crippen LogP contribution is 2.47. The molecule has 3 heteroatoms. The molecule has 1 fully saturated rings. The van der Waals surface area contributed by atoms with Crippen LogP contribution in [-0.2, 0) is 4.79 Å². The van der Waals surface area contributed by atoms with Crippen LogP contribution in [0.25, 0.3) is 0 Å². The Morgan fingerprint density at radius 1 is 1.50 bits per heavy atom. The van der Waals surface area contributed by atoms with E-state index in [9.17, 15) is 9.90 Å². The molecule has 0 aromatic carbocycles. The number of ketones is 1. The average Bonchev–Trinajstić information content (AvgIpc) is 2.00. The zero-order chi connectivity index (χ0) is 11.0. The maximum atomic E-state index is 11.4. The molecule has 1 saturated carbocycles. The van der Waals surface area contributed by atoms with Gasteiger partial charge in [-0.1, -0.05) is 20.8 Å². The van der Waals surface area contributed by atoms with Gasteiger partial charge in [0, 0.05) is 31.3 Å². The van der Waals surface area contributed by atoms with Crippen molar-refractivity contribution in [2.24, 2.45) is 11.3 Å². The van der Waals surface area contributed by atoms with E-state index in [4.69, 9.17) is 5.11 Å². The second-order valence-corrected chi connectivity index (χ2v) is 5.10. The summed E-state index contributed by atoms with van der Waals surface area (Å²) >= 11 is 0. The summed E-state index contributed by atoms with van der Waals surface area (Å²) in [5.74, 6) is 0.149. The van der Waals surface area contributed by atoms with Gasteiger partial charge in [0.2, 0.25) is 0 Å². The molecule has 0 unspecified atom stereocenters. The van der Waals surface area contributed by atoms with Gasteiger partial charge >= 0.3 is 0 Å². The third kappa shape index (κ3) is 1.71. The normalized spacial score (nSPS) is 37.2. The molecule has 1 rings (SSSR count). The Morgan fingerprint density at radius 3 is 2.50 bits per heavy atom. The van der Waals surface area contributed by atoms with Gasteiger partial charge in [0.05, 0.1) is 5.60 Å². The van der Waals surface area contributed by atoms with Gasteiger partial charge in [0.1, 0.15) is 5.78 Å². The van der Waals surface area contributed by atoms with Crippen molar-refractivity contribution in [2.45, 2.75) is 45.6 Å². The van der Waals surface area contributed by atoms with E-state index in [0.29, 0.717) is 19.3 Å². The molecule has 2 N–H and O–H groups in total. The van der Waals surface area contributed by atoms with Gasteiger partial charge in [0.25, 0.3) is 0 Å². The summed E-state index contributed by atoms with van der Waals surface area (Å²) in [7, 11) is 0. The van der Waals surface area contributed by atoms with Gasteiger partial charge in [-0.25, -0.2) is 0 Å². The van der Waals surface area contributed by atoms with Crippen molar-refractivity contribution in [3.63, 3.8) is 0 Å². The van der Waals surface area contributed by atoms with Gasteiger partial charge in [-0.3, -0.25) is 4.79 Å². The number of aliphatic hydroxyl groups is 2. The van der Waals surface area contributed by atoms with Gasteiger partial charge in [0.15, 0.2) is 0 Å². The zero-order valence-corrected chi connectivity index (χ0v) is 9.21. The number of carbonyl (C=O) groups excluding carboxylic acids is 1. The molecule has 82 valence electrons. The lowest BCUT2D eigenvalue weighted by molar-refractivity contribution is -0.160. The third-order valence-corrected chi connectivity index (χ3v) is 3.65. The average molecular weight is 200 g/mol. The second kappa shape index (κ2) is 3.63. The number of Topliss-reactive ketones (excluding diaryl/α,β-unsaturated/α-hetero) is 1. The molecule has 3 nitrogen and oxygen atoms in total. The summed E-state index contributed by atoms with van der Waals surface area (Å²) in [5, 5.41) is 19.4. The molecule has 0 amide bonds. The first-order valence-corrected chi connectivity index (χ1v) is 5.18. The van der Waals surface area contributed by atoms with Gasteiger partial charge in [-0.2, -0.15) is 0 Å². The number of aliphatic hydroxyl groups excluding tert-OH is 1. The number of rotatable bonds is 2. The number of carbonyl (C=O) groups is 1. The Balaban J connectivity index is 2.95. The van der Waals surface area contributed by atoms with Crippen LogP contribution >= 0.6 is 0 Å². The van der Waals surface area contributed by atoms with E-state index in [0.717, 1.165) is 0 Å². The van der Waals surface area contributed by atoms with E-state index in [1.165, 1.54) is 0 Å². The quantitative estimate of drug-likeness (QED) is 0.702. The molecule has 2 atom stereocenters. The molecular formula is C11H20O3. The van der Waals surface area contributed by atoms with Crippen molar-refractivity contribution in [3.8, 4) is 0 Å². The summed E-state index contributed by atoms with van der Waals surface area (Å²) in [6, 6.07) is 0. The topological polar surface area (TPSA) is 57.5 Å². The summed E-state index contributed by atoms with van der Waals surface area (Å²) in [6.45, 7) is 5.65. The van der Waals surface area contributed by atoms with Crippen LogP contribution in [0.3, 0.4) is 0 Å². The molecule has 0 radical (unpaired) electrons. The van der Waals surface area contributed by atoms with Crippen LogP contribution in [0.5, 0.6) is 0 Å². The van der Waals surface area contributed by atoms with Crippen LogP contribution in [0, 0.1) is 11.3 Å². The Labute approximate surface area is 85.1 Å². The van der Waals surface area contributed by atoms with Crippen molar-refractivity contribution < 1.29 is 15.0 Å². The van der Waals surface area contributed by atoms with Crippen LogP contribution in [0.15, 0.2) is 0 Å². The summed E-state index contributed by atoms with van der Waals surface area (Å²) < 4.78 is 0.